The summed E-state index contributed by atoms with van der Waals surface area (Å²) in [6, 6.07) is 8.35. The first-order chi connectivity index (χ1) is 9.29. The lowest BCUT2D eigenvalue weighted by Gasteiger charge is -2.25. The molecule has 1 aliphatic carbocycles. The van der Waals surface area contributed by atoms with Crippen LogP contribution in [0, 0.1) is 5.92 Å². The van der Waals surface area contributed by atoms with Crippen LogP contribution in [0.5, 0.6) is 5.75 Å². The van der Waals surface area contributed by atoms with E-state index in [1.807, 2.05) is 12.1 Å². The molecule has 0 aliphatic heterocycles. The van der Waals surface area contributed by atoms with Crippen LogP contribution in [0.4, 0.5) is 0 Å². The number of rotatable bonds is 7. The van der Waals surface area contributed by atoms with Crippen molar-refractivity contribution in [2.75, 3.05) is 6.54 Å². The molecular weight excluding hydrogens is 234 g/mol. The number of hydrogen-bond donors (Lipinski definition) is 2. The minimum absolute atomic E-state index is 0.386. The Bertz CT molecular complexity index is 371. The average Bonchev–Trinajstić information content (AvgIpc) is 2.93. The predicted octanol–water partition coefficient (Wildman–Crippen LogP) is 3.88. The summed E-state index contributed by atoms with van der Waals surface area (Å²) >= 11 is 0. The molecule has 1 fully saturated rings. The maximum Gasteiger partial charge on any atom is 0.115 e. The molecule has 0 aromatic heterocycles. The normalized spacial score (nSPS) is 17.7. The third-order valence-electron chi connectivity index (χ3n) is 4.28. The van der Waals surface area contributed by atoms with Gasteiger partial charge in [-0.2, -0.15) is 0 Å². The Kier molecular flexibility index (Phi) is 5.71. The smallest absolute Gasteiger partial charge is 0.115 e. The molecule has 2 rings (SSSR count). The monoisotopic (exact) mass is 261 g/mol. The third-order valence-corrected chi connectivity index (χ3v) is 4.28. The van der Waals surface area contributed by atoms with E-state index in [1.54, 1.807) is 6.07 Å². The van der Waals surface area contributed by atoms with Crippen molar-refractivity contribution in [1.82, 2.24) is 5.32 Å². The fourth-order valence-corrected chi connectivity index (χ4v) is 3.23. The average molecular weight is 261 g/mol. The second-order valence-corrected chi connectivity index (χ2v) is 5.81. The van der Waals surface area contributed by atoms with Gasteiger partial charge in [0.05, 0.1) is 0 Å². The highest BCUT2D eigenvalue weighted by molar-refractivity contribution is 5.27. The molecule has 1 saturated carbocycles. The minimum atomic E-state index is 0.386. The standard InChI is InChI=1S/C17H27NO/c1-2-12-18-17(15-7-3-4-8-15)11-10-14-6-5-9-16(19)13-14/h5-6,9,13,15,17-19H,2-4,7-8,10-12H2,1H3. The van der Waals surface area contributed by atoms with E-state index < -0.39 is 0 Å². The zero-order chi connectivity index (χ0) is 13.5. The van der Waals surface area contributed by atoms with Crippen molar-refractivity contribution in [2.24, 2.45) is 5.92 Å². The zero-order valence-electron chi connectivity index (χ0n) is 12.1. The molecule has 0 amide bonds. The highest BCUT2D eigenvalue weighted by Crippen LogP contribution is 2.29. The largest absolute Gasteiger partial charge is 0.508 e. The second kappa shape index (κ2) is 7.54. The molecule has 1 unspecified atom stereocenters. The molecule has 106 valence electrons. The molecule has 2 nitrogen and oxygen atoms in total. The lowest BCUT2D eigenvalue weighted by Crippen LogP contribution is -2.36. The molecule has 2 N–H and O–H groups in total. The van der Waals surface area contributed by atoms with Gasteiger partial charge in [0.1, 0.15) is 5.75 Å². The van der Waals surface area contributed by atoms with Gasteiger partial charge in [0.15, 0.2) is 0 Å². The van der Waals surface area contributed by atoms with Gasteiger partial charge in [-0.3, -0.25) is 0 Å². The van der Waals surface area contributed by atoms with Gasteiger partial charge in [0, 0.05) is 6.04 Å². The predicted molar refractivity (Wildman–Crippen MR) is 80.5 cm³/mol. The van der Waals surface area contributed by atoms with Crippen molar-refractivity contribution in [3.05, 3.63) is 29.8 Å². The minimum Gasteiger partial charge on any atom is -0.508 e. The van der Waals surface area contributed by atoms with Gasteiger partial charge in [0.2, 0.25) is 0 Å². The van der Waals surface area contributed by atoms with E-state index in [0.29, 0.717) is 11.8 Å². The van der Waals surface area contributed by atoms with E-state index in [-0.39, 0.29) is 0 Å². The number of benzene rings is 1. The number of phenols is 1. The zero-order valence-corrected chi connectivity index (χ0v) is 12.1. The van der Waals surface area contributed by atoms with E-state index in [0.717, 1.165) is 18.9 Å². The van der Waals surface area contributed by atoms with Crippen molar-refractivity contribution in [1.29, 1.82) is 0 Å². The summed E-state index contributed by atoms with van der Waals surface area (Å²) in [7, 11) is 0. The van der Waals surface area contributed by atoms with Crippen LogP contribution in [0.25, 0.3) is 0 Å². The van der Waals surface area contributed by atoms with E-state index >= 15 is 0 Å². The molecular formula is C17H27NO. The van der Waals surface area contributed by atoms with Gasteiger partial charge in [-0.15, -0.1) is 0 Å². The number of aromatic hydroxyl groups is 1. The summed E-state index contributed by atoms with van der Waals surface area (Å²) in [6.07, 6.45) is 9.04. The molecule has 1 aromatic rings. The fraction of sp³-hybridized carbons (Fsp3) is 0.647. The SMILES string of the molecule is CCCNC(CCc1cccc(O)c1)C1CCCC1. The van der Waals surface area contributed by atoms with Gasteiger partial charge in [-0.25, -0.2) is 0 Å². The Labute approximate surface area is 117 Å². The molecule has 0 radical (unpaired) electrons. The molecule has 0 saturated heterocycles. The summed E-state index contributed by atoms with van der Waals surface area (Å²) in [4.78, 5) is 0. The van der Waals surface area contributed by atoms with Crippen LogP contribution in [0.1, 0.15) is 51.0 Å². The maximum absolute atomic E-state index is 9.52. The van der Waals surface area contributed by atoms with Gasteiger partial charge >= 0.3 is 0 Å². The lowest BCUT2D eigenvalue weighted by molar-refractivity contribution is 0.340. The molecule has 0 heterocycles. The van der Waals surface area contributed by atoms with Crippen LogP contribution in [-0.4, -0.2) is 17.7 Å². The quantitative estimate of drug-likeness (QED) is 0.780. The van der Waals surface area contributed by atoms with Crippen LogP contribution < -0.4 is 5.32 Å². The molecule has 0 spiro atoms. The first kappa shape index (κ1) is 14.4. The number of phenolic OH excluding ortho intramolecular Hbond substituents is 1. The van der Waals surface area contributed by atoms with Crippen molar-refractivity contribution in [3.8, 4) is 5.75 Å². The Hall–Kier alpha value is -1.02. The van der Waals surface area contributed by atoms with Crippen LogP contribution >= 0.6 is 0 Å². The van der Waals surface area contributed by atoms with Crippen LogP contribution in [-0.2, 0) is 6.42 Å². The number of aryl methyl sites for hydroxylation is 1. The summed E-state index contributed by atoms with van der Waals surface area (Å²) < 4.78 is 0. The van der Waals surface area contributed by atoms with Gasteiger partial charge in [-0.1, -0.05) is 31.9 Å². The summed E-state index contributed by atoms with van der Waals surface area (Å²) in [5.41, 5.74) is 1.25. The topological polar surface area (TPSA) is 32.3 Å². The van der Waals surface area contributed by atoms with Crippen molar-refractivity contribution in [3.63, 3.8) is 0 Å². The first-order valence-electron chi connectivity index (χ1n) is 7.81. The molecule has 1 aliphatic rings. The Morgan fingerprint density at radius 1 is 1.32 bits per heavy atom. The molecule has 1 atom stereocenters. The summed E-state index contributed by atoms with van der Waals surface area (Å²) in [5.74, 6) is 1.25. The maximum atomic E-state index is 9.52. The van der Waals surface area contributed by atoms with E-state index in [4.69, 9.17) is 0 Å². The first-order valence-corrected chi connectivity index (χ1v) is 7.81. The number of hydrogen-bond acceptors (Lipinski definition) is 2. The molecule has 19 heavy (non-hydrogen) atoms. The Balaban J connectivity index is 1.88. The van der Waals surface area contributed by atoms with Crippen LogP contribution in [0.3, 0.4) is 0 Å². The number of nitrogens with one attached hydrogen (secondary N) is 1. The van der Waals surface area contributed by atoms with E-state index in [2.05, 4.69) is 18.3 Å². The Morgan fingerprint density at radius 3 is 2.79 bits per heavy atom. The van der Waals surface area contributed by atoms with Crippen molar-refractivity contribution >= 4 is 0 Å². The highest BCUT2D eigenvalue weighted by Gasteiger charge is 2.24. The van der Waals surface area contributed by atoms with Gasteiger partial charge in [-0.05, 0) is 62.3 Å². The molecule has 1 aromatic carbocycles. The molecule has 2 heteroatoms. The fourth-order valence-electron chi connectivity index (χ4n) is 3.23. The van der Waals surface area contributed by atoms with Crippen molar-refractivity contribution < 1.29 is 5.11 Å². The van der Waals surface area contributed by atoms with E-state index in [1.165, 1.54) is 44.1 Å². The lowest BCUT2D eigenvalue weighted by atomic mass is 9.92. The highest BCUT2D eigenvalue weighted by atomic mass is 16.3. The van der Waals surface area contributed by atoms with Gasteiger partial charge in [0.25, 0.3) is 0 Å². The second-order valence-electron chi connectivity index (χ2n) is 5.81. The Morgan fingerprint density at radius 2 is 2.11 bits per heavy atom. The summed E-state index contributed by atoms with van der Waals surface area (Å²) in [5, 5.41) is 13.2. The van der Waals surface area contributed by atoms with E-state index in [9.17, 15) is 5.11 Å². The third kappa shape index (κ3) is 4.54. The van der Waals surface area contributed by atoms with Crippen molar-refractivity contribution in [2.45, 2.75) is 57.9 Å². The van der Waals surface area contributed by atoms with Gasteiger partial charge < -0.3 is 10.4 Å². The van der Waals surface area contributed by atoms with Crippen LogP contribution in [0.15, 0.2) is 24.3 Å². The molecule has 0 bridgehead atoms. The van der Waals surface area contributed by atoms with Crippen LogP contribution in [0.2, 0.25) is 0 Å². The summed E-state index contributed by atoms with van der Waals surface area (Å²) in [6.45, 7) is 3.36.